The monoisotopic (exact) mass is 642 g/mol. The average Bonchev–Trinajstić information content (AvgIpc) is 2.87. The third-order valence-corrected chi connectivity index (χ3v) is 10.6. The predicted molar refractivity (Wildman–Crippen MR) is 137 cm³/mol. The second kappa shape index (κ2) is 7.41. The fraction of sp³-hybridized carbons (Fsp3) is 0.208. The first kappa shape index (κ1) is 22.0. The molecule has 0 fully saturated rings. The van der Waals surface area contributed by atoms with E-state index >= 15 is 0 Å². The van der Waals surface area contributed by atoms with Crippen LogP contribution in [0.4, 0.5) is 0 Å². The number of benzene rings is 3. The van der Waals surface area contributed by atoms with Crippen LogP contribution in [0.1, 0.15) is 49.3 Å². The van der Waals surface area contributed by atoms with Gasteiger partial charge >= 0.3 is 0 Å². The lowest BCUT2D eigenvalue weighted by molar-refractivity contribution is 0.107. The zero-order valence-electron chi connectivity index (χ0n) is 17.0. The zero-order valence-corrected chi connectivity index (χ0v) is 22.1. The second-order valence-electron chi connectivity index (χ2n) is 7.82. The molecular weight excluding hydrogens is 622 g/mol. The van der Waals surface area contributed by atoms with Gasteiger partial charge < -0.3 is 0 Å². The van der Waals surface area contributed by atoms with Crippen molar-refractivity contribution in [2.45, 2.75) is 32.4 Å². The van der Waals surface area contributed by atoms with Gasteiger partial charge in [0.15, 0.2) is 4.75 Å². The molecule has 0 bridgehead atoms. The summed E-state index contributed by atoms with van der Waals surface area (Å²) in [5.74, 6) is 0. The Labute approximate surface area is 204 Å². The Kier molecular flexibility index (Phi) is 5.42. The van der Waals surface area contributed by atoms with Gasteiger partial charge in [-0.25, -0.2) is 8.42 Å². The van der Waals surface area contributed by atoms with Crippen molar-refractivity contribution in [1.29, 1.82) is 0 Å². The van der Waals surface area contributed by atoms with E-state index in [2.05, 4.69) is 45.2 Å². The fourth-order valence-corrected chi connectivity index (χ4v) is 7.81. The molecule has 3 aromatic rings. The Hall–Kier alpha value is -1.26. The Morgan fingerprint density at radius 2 is 1.23 bits per heavy atom. The number of carbonyl (C=O) groups excluding carboxylic acids is 1. The third kappa shape index (κ3) is 2.86. The highest BCUT2D eigenvalue weighted by Crippen LogP contribution is 2.52. The first-order valence-electron chi connectivity index (χ1n) is 9.46. The number of aryl methyl sites for hydroxylation is 2. The van der Waals surface area contributed by atoms with E-state index in [1.807, 2.05) is 52.0 Å². The maximum Gasteiger partial charge on any atom is 0.278 e. The third-order valence-electron chi connectivity index (χ3n) is 6.19. The molecule has 0 amide bonds. The molecule has 0 saturated heterocycles. The molecule has 3 nitrogen and oxygen atoms in total. The molecule has 0 atom stereocenters. The molecular formula is C24H20I2O3S. The maximum absolute atomic E-state index is 13.9. The number of hydrogen-bond donors (Lipinski definition) is 0. The lowest BCUT2D eigenvalue weighted by Gasteiger charge is -2.31. The molecule has 0 saturated carbocycles. The molecule has 0 radical (unpaired) electrons. The normalized spacial score (nSPS) is 16.5. The van der Waals surface area contributed by atoms with Gasteiger partial charge in [-0.2, -0.15) is 0 Å². The summed E-state index contributed by atoms with van der Waals surface area (Å²) in [6.07, 6.45) is 0. The van der Waals surface area contributed by atoms with Crippen LogP contribution in [0.2, 0.25) is 0 Å². The first-order valence-corrected chi connectivity index (χ1v) is 13.1. The van der Waals surface area contributed by atoms with E-state index in [4.69, 9.17) is 0 Å². The van der Waals surface area contributed by atoms with Crippen molar-refractivity contribution in [2.24, 2.45) is 0 Å². The molecule has 0 spiro atoms. The summed E-state index contributed by atoms with van der Waals surface area (Å²) in [6.45, 7) is 8.01. The molecule has 6 heteroatoms. The molecule has 1 aliphatic heterocycles. The highest BCUT2D eigenvalue weighted by atomic mass is 127. The van der Waals surface area contributed by atoms with Crippen molar-refractivity contribution < 1.29 is 13.2 Å². The van der Waals surface area contributed by atoms with Crippen molar-refractivity contribution in [1.82, 2.24) is 0 Å². The average molecular weight is 642 g/mol. The van der Waals surface area contributed by atoms with Gasteiger partial charge in [-0.15, -0.1) is 0 Å². The van der Waals surface area contributed by atoms with Crippen molar-refractivity contribution in [3.63, 3.8) is 0 Å². The fourth-order valence-electron chi connectivity index (χ4n) is 4.22. The van der Waals surface area contributed by atoms with Gasteiger partial charge in [0, 0.05) is 12.7 Å². The summed E-state index contributed by atoms with van der Waals surface area (Å²) in [4.78, 5) is 13.2. The van der Waals surface area contributed by atoms with Crippen LogP contribution in [0.25, 0.3) is 0 Å². The highest BCUT2D eigenvalue weighted by molar-refractivity contribution is 14.1. The van der Waals surface area contributed by atoms with Crippen LogP contribution in [0.15, 0.2) is 48.5 Å². The minimum absolute atomic E-state index is 0.263. The van der Waals surface area contributed by atoms with Crippen LogP contribution in [0.5, 0.6) is 0 Å². The van der Waals surface area contributed by atoms with Gasteiger partial charge in [0.1, 0.15) is 0 Å². The van der Waals surface area contributed by atoms with Crippen molar-refractivity contribution in [3.05, 3.63) is 100 Å². The quantitative estimate of drug-likeness (QED) is 0.323. The highest BCUT2D eigenvalue weighted by Gasteiger charge is 2.59. The van der Waals surface area contributed by atoms with E-state index in [0.29, 0.717) is 16.7 Å². The molecule has 3 aromatic carbocycles. The summed E-state index contributed by atoms with van der Waals surface area (Å²) in [7, 11) is -4.23. The Balaban J connectivity index is 2.26. The molecule has 0 unspecified atom stereocenters. The maximum atomic E-state index is 13.9. The van der Waals surface area contributed by atoms with Gasteiger partial charge in [-0.05, 0) is 130 Å². The Bertz CT molecular complexity index is 1240. The molecule has 30 heavy (non-hydrogen) atoms. The van der Waals surface area contributed by atoms with E-state index < -0.39 is 19.7 Å². The summed E-state index contributed by atoms with van der Waals surface area (Å²) >= 11 is 4.48. The molecule has 4 rings (SSSR count). The molecule has 0 N–H and O–H groups in total. The zero-order chi connectivity index (χ0) is 22.0. The van der Waals surface area contributed by atoms with Crippen LogP contribution < -0.4 is 0 Å². The number of sulfone groups is 1. The lowest BCUT2D eigenvalue weighted by Crippen LogP contribution is -2.37. The van der Waals surface area contributed by atoms with Gasteiger partial charge in [0.2, 0.25) is 9.84 Å². The van der Waals surface area contributed by atoms with Gasteiger partial charge in [0.05, 0.1) is 0 Å². The summed E-state index contributed by atoms with van der Waals surface area (Å²) in [6, 6.07) is 14.6. The van der Waals surface area contributed by atoms with Crippen LogP contribution in [0, 0.1) is 34.8 Å². The van der Waals surface area contributed by atoms with Crippen LogP contribution in [-0.2, 0) is 14.6 Å². The topological polar surface area (TPSA) is 51.2 Å². The lowest BCUT2D eigenvalue weighted by atomic mass is 9.80. The van der Waals surface area contributed by atoms with Gasteiger partial charge in [-0.3, -0.25) is 4.79 Å². The van der Waals surface area contributed by atoms with E-state index in [9.17, 15) is 13.2 Å². The standard InChI is InChI=1S/C24H20I2O3S/c1-13-9-17(11-21(25)15(13)3)24(18-10-14(2)16(4)22(26)12-18)20-8-6-5-7-19(20)23(27)30(24,28)29/h5-12H,1-4H3. The van der Waals surface area contributed by atoms with Crippen LogP contribution in [0.3, 0.4) is 0 Å². The van der Waals surface area contributed by atoms with Crippen LogP contribution in [-0.4, -0.2) is 13.5 Å². The number of rotatable bonds is 2. The Morgan fingerprint density at radius 1 is 0.767 bits per heavy atom. The number of carbonyl (C=O) groups is 1. The van der Waals surface area contributed by atoms with Crippen molar-refractivity contribution >= 4 is 60.1 Å². The molecule has 0 aromatic heterocycles. The number of halogens is 2. The smallest absolute Gasteiger partial charge is 0.276 e. The Morgan fingerprint density at radius 3 is 1.70 bits per heavy atom. The molecule has 0 aliphatic carbocycles. The summed E-state index contributed by atoms with van der Waals surface area (Å²) in [5, 5.41) is -0.806. The van der Waals surface area contributed by atoms with Gasteiger partial charge in [-0.1, -0.05) is 30.3 Å². The van der Waals surface area contributed by atoms with Crippen molar-refractivity contribution in [2.75, 3.05) is 0 Å². The first-order chi connectivity index (χ1) is 14.0. The minimum atomic E-state index is -4.23. The number of fused-ring (bicyclic) bond motifs is 1. The van der Waals surface area contributed by atoms with E-state index in [1.165, 1.54) is 0 Å². The van der Waals surface area contributed by atoms with E-state index in [0.717, 1.165) is 29.4 Å². The SMILES string of the molecule is Cc1cc(C2(c3cc(C)c(C)c(I)c3)c3ccccc3C(=O)S2(=O)=O)cc(I)c1C. The minimum Gasteiger partial charge on any atom is -0.276 e. The van der Waals surface area contributed by atoms with Crippen LogP contribution >= 0.6 is 45.2 Å². The van der Waals surface area contributed by atoms with Gasteiger partial charge in [0.25, 0.3) is 5.12 Å². The summed E-state index contributed by atoms with van der Waals surface area (Å²) < 4.78 is 28.3. The molecule has 1 heterocycles. The number of hydrogen-bond acceptors (Lipinski definition) is 3. The van der Waals surface area contributed by atoms with E-state index in [1.54, 1.807) is 24.3 Å². The molecule has 1 aliphatic rings. The molecule has 154 valence electrons. The van der Waals surface area contributed by atoms with E-state index in [-0.39, 0.29) is 5.56 Å². The largest absolute Gasteiger partial charge is 0.278 e. The second-order valence-corrected chi connectivity index (χ2v) is 12.1. The predicted octanol–water partition coefficient (Wildman–Crippen LogP) is 5.99. The van der Waals surface area contributed by atoms with Crippen molar-refractivity contribution in [3.8, 4) is 0 Å². The summed E-state index contributed by atoms with van der Waals surface area (Å²) in [5.41, 5.74) is 6.26.